The van der Waals surface area contributed by atoms with Gasteiger partial charge in [0.2, 0.25) is 0 Å². The fourth-order valence-corrected chi connectivity index (χ4v) is 3.06. The van der Waals surface area contributed by atoms with Gasteiger partial charge in [-0.15, -0.1) is 11.3 Å². The van der Waals surface area contributed by atoms with Crippen LogP contribution in [0.2, 0.25) is 0 Å². The van der Waals surface area contributed by atoms with Crippen molar-refractivity contribution < 1.29 is 29.0 Å². The van der Waals surface area contributed by atoms with E-state index >= 15 is 0 Å². The predicted molar refractivity (Wildman–Crippen MR) is 96.8 cm³/mol. The van der Waals surface area contributed by atoms with Crippen molar-refractivity contribution in [3.05, 3.63) is 21.4 Å². The summed E-state index contributed by atoms with van der Waals surface area (Å²) < 4.78 is 9.81. The highest BCUT2D eigenvalue weighted by molar-refractivity contribution is 7.14. The lowest BCUT2D eigenvalue weighted by atomic mass is 10.1. The molecule has 0 spiro atoms. The van der Waals surface area contributed by atoms with Crippen molar-refractivity contribution in [2.24, 2.45) is 0 Å². The molecule has 0 aliphatic carbocycles. The zero-order chi connectivity index (χ0) is 19.5. The Kier molecular flexibility index (Phi) is 9.41. The van der Waals surface area contributed by atoms with Crippen LogP contribution in [-0.2, 0) is 19.1 Å². The van der Waals surface area contributed by atoms with Crippen LogP contribution >= 0.6 is 11.3 Å². The molecule has 0 unspecified atom stereocenters. The van der Waals surface area contributed by atoms with Crippen LogP contribution in [-0.4, -0.2) is 48.8 Å². The number of aryl methyl sites for hydroxylation is 1. The molecular formula is C18H23NO6S. The Morgan fingerprint density at radius 1 is 1.27 bits per heavy atom. The van der Waals surface area contributed by atoms with Crippen molar-refractivity contribution in [3.8, 4) is 11.8 Å². The highest BCUT2D eigenvalue weighted by Crippen LogP contribution is 2.21. The molecule has 0 saturated carbocycles. The number of aliphatic hydroxyl groups excluding tert-OH is 1. The molecule has 0 aromatic carbocycles. The molecule has 2 N–H and O–H groups in total. The van der Waals surface area contributed by atoms with Gasteiger partial charge in [0.25, 0.3) is 5.91 Å². The number of thiophene rings is 1. The molecule has 0 aliphatic rings. The molecule has 7 nitrogen and oxygen atoms in total. The summed E-state index contributed by atoms with van der Waals surface area (Å²) in [4.78, 5) is 37.2. The third-order valence-electron chi connectivity index (χ3n) is 3.23. The van der Waals surface area contributed by atoms with Crippen molar-refractivity contribution in [1.29, 1.82) is 0 Å². The van der Waals surface area contributed by atoms with Crippen LogP contribution in [0.5, 0.6) is 0 Å². The highest BCUT2D eigenvalue weighted by atomic mass is 32.1. The number of carbonyl (C=O) groups excluding carboxylic acids is 3. The second-order valence-corrected chi connectivity index (χ2v) is 6.26. The van der Waals surface area contributed by atoms with Crippen LogP contribution in [0, 0.1) is 18.8 Å². The first-order valence-electron chi connectivity index (χ1n) is 8.26. The monoisotopic (exact) mass is 381 g/mol. The van der Waals surface area contributed by atoms with E-state index in [0.29, 0.717) is 15.3 Å². The summed E-state index contributed by atoms with van der Waals surface area (Å²) in [7, 11) is 0. The number of esters is 2. The molecule has 1 amide bonds. The maximum absolute atomic E-state index is 12.5. The number of rotatable bonds is 8. The largest absolute Gasteiger partial charge is 0.466 e. The summed E-state index contributed by atoms with van der Waals surface area (Å²) in [6, 6.07) is 0.792. The third kappa shape index (κ3) is 6.86. The summed E-state index contributed by atoms with van der Waals surface area (Å²) >= 11 is 1.17. The molecule has 26 heavy (non-hydrogen) atoms. The van der Waals surface area contributed by atoms with Crippen LogP contribution in [0.15, 0.2) is 6.07 Å². The molecule has 0 saturated heterocycles. The molecule has 1 aromatic rings. The van der Waals surface area contributed by atoms with Gasteiger partial charge < -0.3 is 19.9 Å². The quantitative estimate of drug-likeness (QED) is 0.521. The van der Waals surface area contributed by atoms with Crippen LogP contribution in [0.4, 0.5) is 0 Å². The molecular weight excluding hydrogens is 358 g/mol. The number of hydrogen-bond donors (Lipinski definition) is 2. The Hall–Kier alpha value is -2.37. The normalized spacial score (nSPS) is 11.1. The number of amides is 1. The van der Waals surface area contributed by atoms with Gasteiger partial charge >= 0.3 is 11.9 Å². The van der Waals surface area contributed by atoms with E-state index in [0.717, 1.165) is 0 Å². The van der Waals surface area contributed by atoms with Gasteiger partial charge in [-0.2, -0.15) is 0 Å². The van der Waals surface area contributed by atoms with Crippen molar-refractivity contribution >= 4 is 29.2 Å². The lowest BCUT2D eigenvalue weighted by molar-refractivity contribution is -0.146. The van der Waals surface area contributed by atoms with Crippen molar-refractivity contribution in [1.82, 2.24) is 5.32 Å². The number of aliphatic hydroxyl groups is 1. The summed E-state index contributed by atoms with van der Waals surface area (Å²) in [6.45, 7) is 5.27. The average Bonchev–Trinajstić information content (AvgIpc) is 2.97. The average molecular weight is 381 g/mol. The SMILES string of the molecule is CCOC(=O)CC[C@H](NC(=O)c1sc(C#CCO)cc1C)C(=O)OCC. The Morgan fingerprint density at radius 3 is 2.58 bits per heavy atom. The second-order valence-electron chi connectivity index (χ2n) is 5.20. The first-order chi connectivity index (χ1) is 12.4. The van der Waals surface area contributed by atoms with E-state index in [-0.39, 0.29) is 32.7 Å². The van der Waals surface area contributed by atoms with E-state index in [2.05, 4.69) is 17.2 Å². The minimum Gasteiger partial charge on any atom is -0.466 e. The number of ether oxygens (including phenoxy) is 2. The van der Waals surface area contributed by atoms with E-state index in [1.54, 1.807) is 26.8 Å². The fourth-order valence-electron chi connectivity index (χ4n) is 2.11. The standard InChI is InChI=1S/C18H23NO6S/c1-4-24-15(21)9-8-14(18(23)25-5-2)19-17(22)16-12(3)11-13(26-16)7-6-10-20/h11,14,20H,4-5,8-10H2,1-3H3,(H,19,22)/t14-/m0/s1. The Morgan fingerprint density at radius 2 is 1.96 bits per heavy atom. The predicted octanol–water partition coefficient (Wildman–Crippen LogP) is 1.41. The van der Waals surface area contributed by atoms with Crippen LogP contribution in [0.1, 0.15) is 46.8 Å². The summed E-state index contributed by atoms with van der Waals surface area (Å²) in [6.07, 6.45) is 0.0826. The number of hydrogen-bond acceptors (Lipinski definition) is 7. The van der Waals surface area contributed by atoms with E-state index in [1.165, 1.54) is 11.3 Å². The summed E-state index contributed by atoms with van der Waals surface area (Å²) in [5, 5.41) is 11.4. The Labute approximate surface area is 156 Å². The van der Waals surface area contributed by atoms with E-state index in [9.17, 15) is 14.4 Å². The maximum atomic E-state index is 12.5. The summed E-state index contributed by atoms with van der Waals surface area (Å²) in [5.74, 6) is 3.79. The second kappa shape index (κ2) is 11.3. The fraction of sp³-hybridized carbons (Fsp3) is 0.500. The molecule has 0 radical (unpaired) electrons. The molecule has 0 aliphatic heterocycles. The molecule has 1 atom stereocenters. The van der Waals surface area contributed by atoms with Gasteiger partial charge in [0.1, 0.15) is 12.6 Å². The van der Waals surface area contributed by atoms with E-state index in [1.807, 2.05) is 0 Å². The van der Waals surface area contributed by atoms with Gasteiger partial charge in [0.05, 0.1) is 23.0 Å². The third-order valence-corrected chi connectivity index (χ3v) is 4.38. The molecule has 1 aromatic heterocycles. The molecule has 1 heterocycles. The first kappa shape index (κ1) is 21.7. The molecule has 1 rings (SSSR count). The minimum atomic E-state index is -0.944. The van der Waals surface area contributed by atoms with Gasteiger partial charge in [-0.05, 0) is 38.8 Å². The van der Waals surface area contributed by atoms with Crippen LogP contribution in [0.25, 0.3) is 0 Å². The number of carbonyl (C=O) groups is 3. The van der Waals surface area contributed by atoms with Crippen molar-refractivity contribution in [2.45, 2.75) is 39.7 Å². The van der Waals surface area contributed by atoms with Crippen LogP contribution < -0.4 is 5.32 Å². The zero-order valence-electron chi connectivity index (χ0n) is 15.1. The van der Waals surface area contributed by atoms with E-state index in [4.69, 9.17) is 14.6 Å². The first-order valence-corrected chi connectivity index (χ1v) is 9.07. The van der Waals surface area contributed by atoms with Gasteiger partial charge in [0.15, 0.2) is 0 Å². The summed E-state index contributed by atoms with van der Waals surface area (Å²) in [5.41, 5.74) is 0.711. The van der Waals surface area contributed by atoms with Crippen molar-refractivity contribution in [2.75, 3.05) is 19.8 Å². The van der Waals surface area contributed by atoms with Gasteiger partial charge in [0, 0.05) is 6.42 Å². The molecule has 0 fully saturated rings. The molecule has 142 valence electrons. The van der Waals surface area contributed by atoms with Gasteiger partial charge in [-0.3, -0.25) is 9.59 Å². The van der Waals surface area contributed by atoms with Gasteiger partial charge in [-0.1, -0.05) is 11.8 Å². The smallest absolute Gasteiger partial charge is 0.328 e. The lowest BCUT2D eigenvalue weighted by Crippen LogP contribution is -2.42. The van der Waals surface area contributed by atoms with Gasteiger partial charge in [-0.25, -0.2) is 4.79 Å². The number of nitrogens with one attached hydrogen (secondary N) is 1. The topological polar surface area (TPSA) is 102 Å². The minimum absolute atomic E-state index is 0.00571. The van der Waals surface area contributed by atoms with Crippen molar-refractivity contribution in [3.63, 3.8) is 0 Å². The van der Waals surface area contributed by atoms with E-state index < -0.39 is 23.9 Å². The van der Waals surface area contributed by atoms with Crippen LogP contribution in [0.3, 0.4) is 0 Å². The molecule has 8 heteroatoms. The lowest BCUT2D eigenvalue weighted by Gasteiger charge is -2.16. The zero-order valence-corrected chi connectivity index (χ0v) is 15.9. The maximum Gasteiger partial charge on any atom is 0.328 e. The highest BCUT2D eigenvalue weighted by Gasteiger charge is 2.25. The molecule has 0 bridgehead atoms. The Bertz CT molecular complexity index is 700. The Balaban J connectivity index is 2.85.